The highest BCUT2D eigenvalue weighted by Gasteiger charge is 2.34. The zero-order chi connectivity index (χ0) is 19.7. The highest BCUT2D eigenvalue weighted by molar-refractivity contribution is 14.0. The summed E-state index contributed by atoms with van der Waals surface area (Å²) in [7, 11) is 1.80. The fourth-order valence-electron chi connectivity index (χ4n) is 4.02. The Hall–Kier alpha value is -1.51. The van der Waals surface area contributed by atoms with Crippen LogP contribution in [0.1, 0.15) is 51.5 Å². The minimum atomic E-state index is -0.481. The molecule has 1 fully saturated rings. The normalized spacial score (nSPS) is 15.8. The molecule has 1 aliphatic carbocycles. The fraction of sp³-hybridized carbons (Fsp3) is 0.619. The van der Waals surface area contributed by atoms with E-state index in [0.717, 1.165) is 18.1 Å². The van der Waals surface area contributed by atoms with Gasteiger partial charge in [-0.2, -0.15) is 0 Å². The Bertz CT molecular complexity index is 643. The first-order valence-corrected chi connectivity index (χ1v) is 9.87. The maximum atomic E-state index is 10.8. The van der Waals surface area contributed by atoms with Crippen LogP contribution in [-0.2, 0) is 11.3 Å². The van der Waals surface area contributed by atoms with Crippen molar-refractivity contribution in [2.45, 2.75) is 52.5 Å². The molecule has 1 aromatic rings. The summed E-state index contributed by atoms with van der Waals surface area (Å²) >= 11 is 0. The molecule has 7 heteroatoms. The first-order chi connectivity index (χ1) is 12.9. The third kappa shape index (κ3) is 8.24. The van der Waals surface area contributed by atoms with E-state index in [1.54, 1.807) is 7.05 Å². The number of hydrogen-bond acceptors (Lipinski definition) is 3. The molecule has 0 atom stereocenters. The lowest BCUT2D eigenvalue weighted by Crippen LogP contribution is -2.43. The van der Waals surface area contributed by atoms with E-state index in [9.17, 15) is 4.79 Å². The second kappa shape index (κ2) is 12.1. The first kappa shape index (κ1) is 24.5. The van der Waals surface area contributed by atoms with Crippen molar-refractivity contribution in [3.05, 3.63) is 29.8 Å². The van der Waals surface area contributed by atoms with Gasteiger partial charge in [-0.3, -0.25) is 9.79 Å². The van der Waals surface area contributed by atoms with Crippen molar-refractivity contribution in [1.29, 1.82) is 0 Å². The van der Waals surface area contributed by atoms with Gasteiger partial charge in [-0.25, -0.2) is 0 Å². The van der Waals surface area contributed by atoms with Gasteiger partial charge in [0.2, 0.25) is 0 Å². The van der Waals surface area contributed by atoms with Crippen LogP contribution in [0, 0.1) is 11.3 Å². The van der Waals surface area contributed by atoms with Gasteiger partial charge < -0.3 is 21.1 Å². The number of amides is 1. The number of guanidine groups is 1. The van der Waals surface area contributed by atoms with Crippen molar-refractivity contribution in [3.8, 4) is 5.75 Å². The summed E-state index contributed by atoms with van der Waals surface area (Å²) in [5.74, 6) is 1.68. The number of ether oxygens (including phenoxy) is 1. The highest BCUT2D eigenvalue weighted by Crippen LogP contribution is 2.42. The van der Waals surface area contributed by atoms with E-state index in [2.05, 4.69) is 29.5 Å². The standard InChI is InChI=1S/C21H34N4O2.HI/c1-16(2)12-21(9-4-5-10-21)15-25-20(23-3)24-13-17-7-6-8-18(11-17)27-14-19(22)26;/h6-8,11,16H,4-5,9-10,12-15H2,1-3H3,(H2,22,26)(H2,23,24,25);1H. The summed E-state index contributed by atoms with van der Waals surface area (Å²) in [6.07, 6.45) is 6.52. The molecule has 1 aromatic carbocycles. The fourth-order valence-corrected chi connectivity index (χ4v) is 4.02. The molecular weight excluding hydrogens is 467 g/mol. The Balaban J connectivity index is 0.00000392. The van der Waals surface area contributed by atoms with Crippen LogP contribution >= 0.6 is 24.0 Å². The molecule has 1 aliphatic rings. The molecule has 0 spiro atoms. The third-order valence-corrected chi connectivity index (χ3v) is 5.10. The van der Waals surface area contributed by atoms with Gasteiger partial charge in [-0.15, -0.1) is 24.0 Å². The average molecular weight is 502 g/mol. The van der Waals surface area contributed by atoms with Crippen molar-refractivity contribution < 1.29 is 9.53 Å². The predicted octanol–water partition coefficient (Wildman–Crippen LogP) is 3.44. The lowest BCUT2D eigenvalue weighted by Gasteiger charge is -2.32. The van der Waals surface area contributed by atoms with Crippen LogP contribution in [0.15, 0.2) is 29.3 Å². The van der Waals surface area contributed by atoms with Gasteiger partial charge in [0.05, 0.1) is 0 Å². The molecule has 6 nitrogen and oxygen atoms in total. The number of benzene rings is 1. The zero-order valence-corrected chi connectivity index (χ0v) is 19.6. The number of nitrogens with one attached hydrogen (secondary N) is 2. The first-order valence-electron chi connectivity index (χ1n) is 9.87. The molecule has 28 heavy (non-hydrogen) atoms. The Kier molecular flexibility index (Phi) is 10.6. The summed E-state index contributed by atoms with van der Waals surface area (Å²) in [4.78, 5) is 15.2. The van der Waals surface area contributed by atoms with E-state index in [-0.39, 0.29) is 30.6 Å². The third-order valence-electron chi connectivity index (χ3n) is 5.10. The maximum absolute atomic E-state index is 10.8. The van der Waals surface area contributed by atoms with Gasteiger partial charge in [-0.1, -0.05) is 38.8 Å². The van der Waals surface area contributed by atoms with Crippen LogP contribution in [0.3, 0.4) is 0 Å². The number of primary amides is 1. The molecule has 0 radical (unpaired) electrons. The minimum Gasteiger partial charge on any atom is -0.484 e. The topological polar surface area (TPSA) is 88.7 Å². The number of nitrogens with two attached hydrogens (primary N) is 1. The van der Waals surface area contributed by atoms with E-state index in [1.165, 1.54) is 32.1 Å². The molecule has 2 rings (SSSR count). The van der Waals surface area contributed by atoms with E-state index >= 15 is 0 Å². The Morgan fingerprint density at radius 2 is 2.00 bits per heavy atom. The maximum Gasteiger partial charge on any atom is 0.255 e. The van der Waals surface area contributed by atoms with Gasteiger partial charge in [0.1, 0.15) is 5.75 Å². The SMILES string of the molecule is CN=C(NCc1cccc(OCC(N)=O)c1)NCC1(CC(C)C)CCCC1.I. The average Bonchev–Trinajstić information content (AvgIpc) is 3.08. The van der Waals surface area contributed by atoms with Crippen molar-refractivity contribution in [3.63, 3.8) is 0 Å². The number of nitrogens with zero attached hydrogens (tertiary/aromatic N) is 1. The number of carbonyl (C=O) groups excluding carboxylic acids is 1. The molecule has 1 amide bonds. The van der Waals surface area contributed by atoms with Crippen LogP contribution in [0.2, 0.25) is 0 Å². The summed E-state index contributed by atoms with van der Waals surface area (Å²) in [5, 5.41) is 6.89. The molecule has 0 aliphatic heterocycles. The lowest BCUT2D eigenvalue weighted by atomic mass is 9.78. The minimum absolute atomic E-state index is 0. The van der Waals surface area contributed by atoms with Crippen molar-refractivity contribution in [1.82, 2.24) is 10.6 Å². The van der Waals surface area contributed by atoms with E-state index in [4.69, 9.17) is 10.5 Å². The van der Waals surface area contributed by atoms with E-state index in [1.807, 2.05) is 24.3 Å². The molecule has 1 saturated carbocycles. The van der Waals surface area contributed by atoms with Gasteiger partial charge in [-0.05, 0) is 48.3 Å². The second-order valence-electron chi connectivity index (χ2n) is 7.99. The number of carbonyl (C=O) groups is 1. The molecule has 0 heterocycles. The summed E-state index contributed by atoms with van der Waals surface area (Å²) in [6, 6.07) is 7.63. The monoisotopic (exact) mass is 502 g/mol. The largest absolute Gasteiger partial charge is 0.484 e. The molecule has 0 unspecified atom stereocenters. The number of halogens is 1. The van der Waals surface area contributed by atoms with Crippen LogP contribution in [0.5, 0.6) is 5.75 Å². The molecule has 158 valence electrons. The van der Waals surface area contributed by atoms with Crippen molar-refractivity contribution >= 4 is 35.8 Å². The highest BCUT2D eigenvalue weighted by atomic mass is 127. The van der Waals surface area contributed by atoms with E-state index in [0.29, 0.717) is 23.6 Å². The molecule has 0 aromatic heterocycles. The summed E-state index contributed by atoms with van der Waals surface area (Å²) in [6.45, 7) is 6.09. The Morgan fingerprint density at radius 1 is 1.29 bits per heavy atom. The van der Waals surface area contributed by atoms with Crippen molar-refractivity contribution in [2.75, 3.05) is 20.2 Å². The molecular formula is C21H35IN4O2. The van der Waals surface area contributed by atoms with Gasteiger partial charge >= 0.3 is 0 Å². The van der Waals surface area contributed by atoms with Gasteiger partial charge in [0.15, 0.2) is 12.6 Å². The van der Waals surface area contributed by atoms with Gasteiger partial charge in [0.25, 0.3) is 5.91 Å². The smallest absolute Gasteiger partial charge is 0.255 e. The van der Waals surface area contributed by atoms with Crippen LogP contribution in [0.4, 0.5) is 0 Å². The molecule has 4 N–H and O–H groups in total. The predicted molar refractivity (Wildman–Crippen MR) is 125 cm³/mol. The molecule has 0 bridgehead atoms. The van der Waals surface area contributed by atoms with Crippen LogP contribution in [-0.4, -0.2) is 32.1 Å². The second-order valence-corrected chi connectivity index (χ2v) is 7.99. The lowest BCUT2D eigenvalue weighted by molar-refractivity contribution is -0.119. The number of rotatable bonds is 9. The quantitative estimate of drug-likeness (QED) is 0.274. The summed E-state index contributed by atoms with van der Waals surface area (Å²) < 4.78 is 5.36. The van der Waals surface area contributed by atoms with E-state index < -0.39 is 5.91 Å². The Labute approximate surface area is 186 Å². The van der Waals surface area contributed by atoms with Crippen LogP contribution < -0.4 is 21.1 Å². The van der Waals surface area contributed by atoms with Crippen LogP contribution in [0.25, 0.3) is 0 Å². The zero-order valence-electron chi connectivity index (χ0n) is 17.3. The number of hydrogen-bond donors (Lipinski definition) is 3. The van der Waals surface area contributed by atoms with Gasteiger partial charge in [0, 0.05) is 20.1 Å². The number of aliphatic imine (C=N–C) groups is 1. The summed E-state index contributed by atoms with van der Waals surface area (Å²) in [5.41, 5.74) is 6.57. The molecule has 0 saturated heterocycles. The Morgan fingerprint density at radius 3 is 2.61 bits per heavy atom. The van der Waals surface area contributed by atoms with Crippen molar-refractivity contribution in [2.24, 2.45) is 22.1 Å².